The predicted octanol–water partition coefficient (Wildman–Crippen LogP) is 2.85. The van der Waals surface area contributed by atoms with E-state index in [0.717, 1.165) is 18.8 Å². The summed E-state index contributed by atoms with van der Waals surface area (Å²) in [4.78, 5) is 7.02. The Morgan fingerprint density at radius 2 is 2.00 bits per heavy atom. The average Bonchev–Trinajstić information content (AvgIpc) is 2.38. The highest BCUT2D eigenvalue weighted by Gasteiger charge is 2.31. The number of piperazine rings is 1. The largest absolute Gasteiger partial charge is 0.364 e. The van der Waals surface area contributed by atoms with Crippen LogP contribution in [0.25, 0.3) is 0 Å². The number of rotatable bonds is 3. The molecule has 0 aromatic carbocycles. The Hall–Kier alpha value is -1.09. The van der Waals surface area contributed by atoms with Crippen molar-refractivity contribution in [1.82, 2.24) is 10.3 Å². The van der Waals surface area contributed by atoms with Gasteiger partial charge >= 0.3 is 0 Å². The van der Waals surface area contributed by atoms with Gasteiger partial charge in [0.2, 0.25) is 0 Å². The van der Waals surface area contributed by atoms with Gasteiger partial charge in [0.1, 0.15) is 0 Å². The second kappa shape index (κ2) is 5.91. The van der Waals surface area contributed by atoms with Crippen molar-refractivity contribution >= 4 is 5.69 Å². The lowest BCUT2D eigenvalue weighted by atomic mass is 9.93. The third-order valence-corrected chi connectivity index (χ3v) is 4.25. The van der Waals surface area contributed by atoms with E-state index >= 15 is 0 Å². The van der Waals surface area contributed by atoms with Crippen molar-refractivity contribution in [3.8, 4) is 0 Å². The molecule has 0 bridgehead atoms. The molecule has 19 heavy (non-hydrogen) atoms. The molecule has 0 radical (unpaired) electrons. The van der Waals surface area contributed by atoms with E-state index < -0.39 is 0 Å². The molecule has 3 heteroatoms. The topological polar surface area (TPSA) is 28.2 Å². The maximum absolute atomic E-state index is 4.46. The van der Waals surface area contributed by atoms with Gasteiger partial charge < -0.3 is 10.2 Å². The Bertz CT molecular complexity index is 414. The summed E-state index contributed by atoms with van der Waals surface area (Å²) in [5, 5.41) is 3.71. The Labute approximate surface area is 117 Å². The minimum absolute atomic E-state index is 0.554. The molecule has 2 atom stereocenters. The number of aromatic nitrogens is 1. The van der Waals surface area contributed by atoms with E-state index in [1.165, 1.54) is 5.69 Å². The van der Waals surface area contributed by atoms with Crippen molar-refractivity contribution in [2.75, 3.05) is 18.0 Å². The van der Waals surface area contributed by atoms with Crippen molar-refractivity contribution in [2.45, 2.75) is 46.7 Å². The van der Waals surface area contributed by atoms with Crippen molar-refractivity contribution in [1.29, 1.82) is 0 Å². The zero-order chi connectivity index (χ0) is 14.0. The van der Waals surface area contributed by atoms with Crippen LogP contribution in [0.15, 0.2) is 18.3 Å². The fraction of sp³-hybridized carbons (Fsp3) is 0.688. The zero-order valence-electron chi connectivity index (χ0n) is 12.9. The van der Waals surface area contributed by atoms with Crippen LogP contribution in [-0.2, 0) is 0 Å². The molecule has 2 unspecified atom stereocenters. The van der Waals surface area contributed by atoms with Gasteiger partial charge in [0.25, 0.3) is 0 Å². The maximum Gasteiger partial charge on any atom is 0.0605 e. The lowest BCUT2D eigenvalue weighted by Gasteiger charge is -2.45. The molecule has 2 heterocycles. The SMILES string of the molecule is Cc1ncccc1N1CC(C(C)C)NCC1C(C)C. The Kier molecular flexibility index (Phi) is 4.46. The van der Waals surface area contributed by atoms with Crippen LogP contribution in [-0.4, -0.2) is 30.2 Å². The van der Waals surface area contributed by atoms with E-state index in [-0.39, 0.29) is 0 Å². The average molecular weight is 261 g/mol. The van der Waals surface area contributed by atoms with E-state index in [4.69, 9.17) is 0 Å². The molecule has 3 nitrogen and oxygen atoms in total. The van der Waals surface area contributed by atoms with Crippen LogP contribution in [0.2, 0.25) is 0 Å². The quantitative estimate of drug-likeness (QED) is 0.907. The first-order valence-electron chi connectivity index (χ1n) is 7.42. The van der Waals surface area contributed by atoms with E-state index in [1.54, 1.807) is 0 Å². The summed E-state index contributed by atoms with van der Waals surface area (Å²) in [5.74, 6) is 1.30. The number of aryl methyl sites for hydroxylation is 1. The molecule has 1 aliphatic heterocycles. The predicted molar refractivity (Wildman–Crippen MR) is 81.6 cm³/mol. The Balaban J connectivity index is 2.28. The first-order chi connectivity index (χ1) is 9.00. The monoisotopic (exact) mass is 261 g/mol. The molecule has 0 spiro atoms. The van der Waals surface area contributed by atoms with Crippen LogP contribution in [0.3, 0.4) is 0 Å². The molecule has 1 aromatic rings. The smallest absolute Gasteiger partial charge is 0.0605 e. The fourth-order valence-electron chi connectivity index (χ4n) is 2.89. The normalized spacial score (nSPS) is 24.3. The first-order valence-corrected chi connectivity index (χ1v) is 7.42. The lowest BCUT2D eigenvalue weighted by Crippen LogP contribution is -2.60. The van der Waals surface area contributed by atoms with Crippen LogP contribution >= 0.6 is 0 Å². The fourth-order valence-corrected chi connectivity index (χ4v) is 2.89. The number of nitrogens with zero attached hydrogens (tertiary/aromatic N) is 2. The Morgan fingerprint density at radius 3 is 2.58 bits per heavy atom. The van der Waals surface area contributed by atoms with Crippen LogP contribution in [0.4, 0.5) is 5.69 Å². The second-order valence-corrected chi connectivity index (χ2v) is 6.33. The summed E-state index contributed by atoms with van der Waals surface area (Å²) in [6.45, 7) is 13.5. The van der Waals surface area contributed by atoms with Crippen molar-refractivity contribution in [3.63, 3.8) is 0 Å². The van der Waals surface area contributed by atoms with Crippen LogP contribution in [0.1, 0.15) is 33.4 Å². The van der Waals surface area contributed by atoms with Crippen LogP contribution < -0.4 is 10.2 Å². The standard InChI is InChI=1S/C16H27N3/c1-11(2)14-10-19(16(9-18-14)12(3)4)15-7-6-8-17-13(15)5/h6-8,11-12,14,16,18H,9-10H2,1-5H3. The van der Waals surface area contributed by atoms with Crippen molar-refractivity contribution < 1.29 is 0 Å². The number of pyridine rings is 1. The summed E-state index contributed by atoms with van der Waals surface area (Å²) in [6, 6.07) is 5.37. The first kappa shape index (κ1) is 14.3. The van der Waals surface area contributed by atoms with Gasteiger partial charge in [0.05, 0.1) is 11.4 Å². The van der Waals surface area contributed by atoms with Gasteiger partial charge in [-0.1, -0.05) is 27.7 Å². The van der Waals surface area contributed by atoms with Crippen LogP contribution in [0.5, 0.6) is 0 Å². The summed E-state index contributed by atoms with van der Waals surface area (Å²) in [6.07, 6.45) is 1.88. The molecule has 1 fully saturated rings. The molecule has 0 amide bonds. The highest BCUT2D eigenvalue weighted by atomic mass is 15.2. The number of hydrogen-bond donors (Lipinski definition) is 1. The van der Waals surface area contributed by atoms with Crippen molar-refractivity contribution in [3.05, 3.63) is 24.0 Å². The molecule has 1 saturated heterocycles. The van der Waals surface area contributed by atoms with E-state index in [1.807, 2.05) is 12.3 Å². The van der Waals surface area contributed by atoms with Gasteiger partial charge in [-0.2, -0.15) is 0 Å². The van der Waals surface area contributed by atoms with Crippen molar-refractivity contribution in [2.24, 2.45) is 11.8 Å². The molecule has 106 valence electrons. The second-order valence-electron chi connectivity index (χ2n) is 6.33. The van der Waals surface area contributed by atoms with E-state index in [9.17, 15) is 0 Å². The summed E-state index contributed by atoms with van der Waals surface area (Å²) in [7, 11) is 0. The summed E-state index contributed by atoms with van der Waals surface area (Å²) in [5.41, 5.74) is 2.44. The molecular formula is C16H27N3. The molecule has 2 rings (SSSR count). The molecule has 1 N–H and O–H groups in total. The van der Waals surface area contributed by atoms with Crippen LogP contribution in [0, 0.1) is 18.8 Å². The number of nitrogens with one attached hydrogen (secondary N) is 1. The minimum atomic E-state index is 0.554. The lowest BCUT2D eigenvalue weighted by molar-refractivity contribution is 0.295. The Morgan fingerprint density at radius 1 is 1.26 bits per heavy atom. The van der Waals surface area contributed by atoms with Gasteiger partial charge in [-0.05, 0) is 30.9 Å². The highest BCUT2D eigenvalue weighted by Crippen LogP contribution is 2.26. The molecule has 0 saturated carbocycles. The minimum Gasteiger partial charge on any atom is -0.364 e. The number of anilines is 1. The van der Waals surface area contributed by atoms with E-state index in [2.05, 4.69) is 55.9 Å². The molecular weight excluding hydrogens is 234 g/mol. The maximum atomic E-state index is 4.46. The van der Waals surface area contributed by atoms with E-state index in [0.29, 0.717) is 23.9 Å². The van der Waals surface area contributed by atoms with Gasteiger partial charge in [-0.3, -0.25) is 4.98 Å². The van der Waals surface area contributed by atoms with Gasteiger partial charge in [0, 0.05) is 31.4 Å². The molecule has 1 aromatic heterocycles. The third-order valence-electron chi connectivity index (χ3n) is 4.25. The van der Waals surface area contributed by atoms with Gasteiger partial charge in [0.15, 0.2) is 0 Å². The molecule has 0 aliphatic carbocycles. The summed E-state index contributed by atoms with van der Waals surface area (Å²) < 4.78 is 0. The van der Waals surface area contributed by atoms with Gasteiger partial charge in [-0.15, -0.1) is 0 Å². The molecule has 1 aliphatic rings. The van der Waals surface area contributed by atoms with Gasteiger partial charge in [-0.25, -0.2) is 0 Å². The highest BCUT2D eigenvalue weighted by molar-refractivity contribution is 5.51. The number of hydrogen-bond acceptors (Lipinski definition) is 3. The third kappa shape index (κ3) is 3.08. The summed E-state index contributed by atoms with van der Waals surface area (Å²) >= 11 is 0. The zero-order valence-corrected chi connectivity index (χ0v) is 12.9.